The number of ether oxygens (including phenoxy) is 1. The number of nitrogens with zero attached hydrogens (tertiary/aromatic N) is 2. The monoisotopic (exact) mass is 625 g/mol. The molecule has 10 heteroatoms. The highest BCUT2D eigenvalue weighted by Crippen LogP contribution is 2.34. The van der Waals surface area contributed by atoms with E-state index in [-0.39, 0.29) is 29.1 Å². The minimum absolute atomic E-state index is 0.0399. The van der Waals surface area contributed by atoms with E-state index in [0.29, 0.717) is 22.8 Å². The van der Waals surface area contributed by atoms with Crippen LogP contribution in [-0.2, 0) is 26.2 Å². The van der Waals surface area contributed by atoms with Crippen molar-refractivity contribution in [3.63, 3.8) is 0 Å². The van der Waals surface area contributed by atoms with Gasteiger partial charge in [0.2, 0.25) is 11.8 Å². The molecule has 0 radical (unpaired) electrons. The molecular formula is C33H40ClN3O5S. The minimum Gasteiger partial charge on any atom is -0.495 e. The highest BCUT2D eigenvalue weighted by Gasteiger charge is 2.35. The molecule has 1 N–H and O–H groups in total. The second kappa shape index (κ2) is 14.3. The van der Waals surface area contributed by atoms with Crippen LogP contribution in [0.25, 0.3) is 0 Å². The van der Waals surface area contributed by atoms with E-state index in [1.165, 1.54) is 24.1 Å². The first-order valence-electron chi connectivity index (χ1n) is 14.6. The molecule has 0 aliphatic heterocycles. The molecule has 0 heterocycles. The van der Waals surface area contributed by atoms with Gasteiger partial charge in [-0.05, 0) is 74.6 Å². The summed E-state index contributed by atoms with van der Waals surface area (Å²) in [6.45, 7) is 5.04. The van der Waals surface area contributed by atoms with Crippen molar-refractivity contribution >= 4 is 39.1 Å². The van der Waals surface area contributed by atoms with Crippen molar-refractivity contribution in [2.75, 3.05) is 18.0 Å². The quantitative estimate of drug-likeness (QED) is 0.265. The molecule has 0 spiro atoms. The highest BCUT2D eigenvalue weighted by atomic mass is 35.5. The minimum atomic E-state index is -4.22. The normalized spacial score (nSPS) is 14.3. The van der Waals surface area contributed by atoms with Gasteiger partial charge in [0, 0.05) is 17.6 Å². The van der Waals surface area contributed by atoms with E-state index in [1.54, 1.807) is 42.5 Å². The summed E-state index contributed by atoms with van der Waals surface area (Å²) in [5.41, 5.74) is 2.59. The average molecular weight is 626 g/mol. The van der Waals surface area contributed by atoms with Gasteiger partial charge >= 0.3 is 0 Å². The average Bonchev–Trinajstić information content (AvgIpc) is 3.49. The molecule has 1 saturated carbocycles. The zero-order valence-electron chi connectivity index (χ0n) is 25.2. The molecule has 3 aromatic carbocycles. The first kappa shape index (κ1) is 32.4. The summed E-state index contributed by atoms with van der Waals surface area (Å²) in [5.74, 6) is -0.485. The van der Waals surface area contributed by atoms with Crippen LogP contribution < -0.4 is 14.4 Å². The van der Waals surface area contributed by atoms with Crippen LogP contribution >= 0.6 is 11.6 Å². The van der Waals surface area contributed by atoms with Crippen molar-refractivity contribution in [3.8, 4) is 5.75 Å². The Morgan fingerprint density at radius 3 is 2.28 bits per heavy atom. The lowest BCUT2D eigenvalue weighted by atomic mass is 10.1. The van der Waals surface area contributed by atoms with Crippen molar-refractivity contribution in [1.29, 1.82) is 0 Å². The van der Waals surface area contributed by atoms with Gasteiger partial charge in [0.15, 0.2) is 0 Å². The molecule has 4 rings (SSSR count). The maximum atomic E-state index is 14.4. The number of methoxy groups -OCH3 is 1. The molecule has 1 unspecified atom stereocenters. The number of benzene rings is 3. The number of hydrogen-bond acceptors (Lipinski definition) is 5. The molecular weight excluding hydrogens is 586 g/mol. The Kier molecular flexibility index (Phi) is 10.7. The van der Waals surface area contributed by atoms with Crippen LogP contribution in [0.1, 0.15) is 55.7 Å². The summed E-state index contributed by atoms with van der Waals surface area (Å²) in [6.07, 6.45) is 4.24. The zero-order valence-corrected chi connectivity index (χ0v) is 26.7. The summed E-state index contributed by atoms with van der Waals surface area (Å²) >= 11 is 6.50. The smallest absolute Gasteiger partial charge is 0.264 e. The number of carbonyl (C=O) groups is 2. The summed E-state index contributed by atoms with van der Waals surface area (Å²) < 4.78 is 35.0. The van der Waals surface area contributed by atoms with Crippen LogP contribution in [-0.4, -0.2) is 50.9 Å². The molecule has 1 aliphatic carbocycles. The van der Waals surface area contributed by atoms with Crippen LogP contribution in [0.15, 0.2) is 71.6 Å². The van der Waals surface area contributed by atoms with E-state index in [4.69, 9.17) is 16.3 Å². The number of amides is 2. The van der Waals surface area contributed by atoms with Gasteiger partial charge in [-0.1, -0.05) is 73.3 Å². The Morgan fingerprint density at radius 1 is 1.00 bits per heavy atom. The van der Waals surface area contributed by atoms with E-state index in [1.807, 2.05) is 32.9 Å². The molecule has 1 atom stereocenters. The zero-order chi connectivity index (χ0) is 31.1. The fraction of sp³-hybridized carbons (Fsp3) is 0.394. The maximum Gasteiger partial charge on any atom is 0.264 e. The Bertz CT molecular complexity index is 1540. The Labute approximate surface area is 260 Å². The Hall–Kier alpha value is -3.56. The first-order chi connectivity index (χ1) is 20.5. The van der Waals surface area contributed by atoms with Crippen LogP contribution in [0.4, 0.5) is 5.69 Å². The van der Waals surface area contributed by atoms with Crippen LogP contribution in [0.3, 0.4) is 0 Å². The number of nitrogens with one attached hydrogen (secondary N) is 1. The van der Waals surface area contributed by atoms with E-state index in [2.05, 4.69) is 5.32 Å². The number of aryl methyl sites for hydroxylation is 2. The maximum absolute atomic E-state index is 14.4. The Balaban J connectivity index is 1.77. The SMILES string of the molecule is CCC(C(=O)NC1CCCC1)N(Cc1ccccc1Cl)C(=O)CN(c1cc(C)ccc1OC)S(=O)(=O)c1ccc(C)cc1. The molecule has 230 valence electrons. The number of halogens is 1. The molecule has 8 nitrogen and oxygen atoms in total. The van der Waals surface area contributed by atoms with Crippen molar-refractivity contribution < 1.29 is 22.7 Å². The van der Waals surface area contributed by atoms with Crippen LogP contribution in [0, 0.1) is 13.8 Å². The van der Waals surface area contributed by atoms with Crippen LogP contribution in [0.2, 0.25) is 5.02 Å². The molecule has 1 fully saturated rings. The number of anilines is 1. The number of rotatable bonds is 12. The standard InChI is InChI=1S/C33H40ClN3O5S/c1-5-29(33(39)35-26-11-7-8-12-26)36(21-25-10-6-9-13-28(25)34)32(38)22-37(30-20-24(3)16-19-31(30)42-4)43(40,41)27-17-14-23(2)15-18-27/h6,9-10,13-20,26,29H,5,7-8,11-12,21-22H2,1-4H3,(H,35,39). The lowest BCUT2D eigenvalue weighted by Gasteiger charge is -2.34. The second-order valence-corrected chi connectivity index (χ2v) is 13.3. The van der Waals surface area contributed by atoms with Gasteiger partial charge in [-0.3, -0.25) is 13.9 Å². The second-order valence-electron chi connectivity index (χ2n) is 11.0. The fourth-order valence-electron chi connectivity index (χ4n) is 5.44. The fourth-order valence-corrected chi connectivity index (χ4v) is 7.05. The highest BCUT2D eigenvalue weighted by molar-refractivity contribution is 7.92. The first-order valence-corrected chi connectivity index (χ1v) is 16.4. The van der Waals surface area contributed by atoms with Crippen molar-refractivity contribution in [2.45, 2.75) is 76.4 Å². The topological polar surface area (TPSA) is 96.0 Å². The summed E-state index contributed by atoms with van der Waals surface area (Å²) in [6, 6.07) is 18.0. The van der Waals surface area contributed by atoms with Gasteiger partial charge in [0.25, 0.3) is 10.0 Å². The molecule has 2 amide bonds. The third-order valence-electron chi connectivity index (χ3n) is 7.88. The summed E-state index contributed by atoms with van der Waals surface area (Å²) in [7, 11) is -2.77. The number of hydrogen-bond donors (Lipinski definition) is 1. The van der Waals surface area contributed by atoms with E-state index >= 15 is 0 Å². The number of sulfonamides is 1. The van der Waals surface area contributed by atoms with Gasteiger partial charge in [-0.2, -0.15) is 0 Å². The van der Waals surface area contributed by atoms with Gasteiger partial charge < -0.3 is 15.0 Å². The molecule has 0 aromatic heterocycles. The summed E-state index contributed by atoms with van der Waals surface area (Å²) in [5, 5.41) is 3.57. The molecule has 0 bridgehead atoms. The lowest BCUT2D eigenvalue weighted by molar-refractivity contribution is -0.140. The molecule has 1 aliphatic rings. The van der Waals surface area contributed by atoms with Gasteiger partial charge in [-0.15, -0.1) is 0 Å². The van der Waals surface area contributed by atoms with E-state index in [9.17, 15) is 18.0 Å². The van der Waals surface area contributed by atoms with E-state index < -0.39 is 28.5 Å². The third-order valence-corrected chi connectivity index (χ3v) is 10.0. The van der Waals surface area contributed by atoms with Crippen LogP contribution in [0.5, 0.6) is 5.75 Å². The molecule has 0 saturated heterocycles. The summed E-state index contributed by atoms with van der Waals surface area (Å²) in [4.78, 5) is 29.5. The van der Waals surface area contributed by atoms with Gasteiger partial charge in [0.1, 0.15) is 18.3 Å². The largest absolute Gasteiger partial charge is 0.495 e. The predicted molar refractivity (Wildman–Crippen MR) is 170 cm³/mol. The molecule has 43 heavy (non-hydrogen) atoms. The number of carbonyl (C=O) groups excluding carboxylic acids is 2. The molecule has 3 aromatic rings. The predicted octanol–water partition coefficient (Wildman–Crippen LogP) is 6.03. The third kappa shape index (κ3) is 7.70. The van der Waals surface area contributed by atoms with Gasteiger partial charge in [-0.25, -0.2) is 8.42 Å². The van der Waals surface area contributed by atoms with Crippen molar-refractivity contribution in [1.82, 2.24) is 10.2 Å². The van der Waals surface area contributed by atoms with E-state index in [0.717, 1.165) is 41.1 Å². The lowest BCUT2D eigenvalue weighted by Crippen LogP contribution is -2.53. The van der Waals surface area contributed by atoms with Crippen molar-refractivity contribution in [2.24, 2.45) is 0 Å². The Morgan fingerprint density at radius 2 is 1.65 bits per heavy atom. The van der Waals surface area contributed by atoms with Crippen molar-refractivity contribution in [3.05, 3.63) is 88.4 Å². The van der Waals surface area contributed by atoms with Gasteiger partial charge in [0.05, 0.1) is 17.7 Å².